The second kappa shape index (κ2) is 5.43. The number of rotatable bonds is 4. The molecule has 1 aliphatic carbocycles. The Kier molecular flexibility index (Phi) is 4.10. The van der Waals surface area contributed by atoms with Gasteiger partial charge in [0.15, 0.2) is 0 Å². The SMILES string of the molecule is CCOC(=O)C(C)(c1ccc(C)s1)C1CCCC1. The lowest BCUT2D eigenvalue weighted by Gasteiger charge is -2.32. The van der Waals surface area contributed by atoms with Gasteiger partial charge >= 0.3 is 5.97 Å². The highest BCUT2D eigenvalue weighted by molar-refractivity contribution is 7.12. The summed E-state index contributed by atoms with van der Waals surface area (Å²) in [4.78, 5) is 14.9. The fraction of sp³-hybridized carbons (Fsp3) is 0.667. The number of ether oxygens (including phenoxy) is 1. The van der Waals surface area contributed by atoms with Gasteiger partial charge in [0.1, 0.15) is 5.41 Å². The Morgan fingerprint density at radius 2 is 2.11 bits per heavy atom. The molecule has 1 heterocycles. The largest absolute Gasteiger partial charge is 0.465 e. The predicted octanol–water partition coefficient (Wildman–Crippen LogP) is 4.07. The normalized spacial score (nSPS) is 19.7. The number of carbonyl (C=O) groups excluding carboxylic acids is 1. The first kappa shape index (κ1) is 13.6. The van der Waals surface area contributed by atoms with E-state index < -0.39 is 5.41 Å². The molecule has 0 aliphatic heterocycles. The van der Waals surface area contributed by atoms with Crippen LogP contribution in [-0.2, 0) is 14.9 Å². The van der Waals surface area contributed by atoms with Gasteiger partial charge in [0.05, 0.1) is 6.61 Å². The lowest BCUT2D eigenvalue weighted by Crippen LogP contribution is -2.40. The van der Waals surface area contributed by atoms with Crippen LogP contribution in [0, 0.1) is 12.8 Å². The minimum absolute atomic E-state index is 0.0428. The van der Waals surface area contributed by atoms with Crippen LogP contribution in [0.25, 0.3) is 0 Å². The molecule has 0 amide bonds. The molecule has 0 aromatic carbocycles. The van der Waals surface area contributed by atoms with Crippen LogP contribution in [0.4, 0.5) is 0 Å². The van der Waals surface area contributed by atoms with E-state index in [1.807, 2.05) is 6.92 Å². The maximum Gasteiger partial charge on any atom is 0.317 e. The molecule has 1 fully saturated rings. The van der Waals surface area contributed by atoms with E-state index in [1.165, 1.54) is 22.6 Å². The molecule has 1 aromatic heterocycles. The summed E-state index contributed by atoms with van der Waals surface area (Å²) in [5.41, 5.74) is -0.439. The zero-order valence-corrected chi connectivity index (χ0v) is 12.3. The van der Waals surface area contributed by atoms with Crippen LogP contribution in [0.3, 0.4) is 0 Å². The van der Waals surface area contributed by atoms with Crippen LogP contribution in [0.15, 0.2) is 12.1 Å². The highest BCUT2D eigenvalue weighted by Gasteiger charge is 2.46. The second-order valence-electron chi connectivity index (χ2n) is 5.31. The molecule has 2 nitrogen and oxygen atoms in total. The van der Waals surface area contributed by atoms with Crippen LogP contribution in [0.2, 0.25) is 0 Å². The molecule has 1 unspecified atom stereocenters. The van der Waals surface area contributed by atoms with Crippen molar-refractivity contribution in [2.75, 3.05) is 6.61 Å². The number of esters is 1. The summed E-state index contributed by atoms with van der Waals surface area (Å²) in [7, 11) is 0. The molecule has 1 aliphatic rings. The summed E-state index contributed by atoms with van der Waals surface area (Å²) in [6.07, 6.45) is 4.77. The van der Waals surface area contributed by atoms with Crippen LogP contribution in [0.5, 0.6) is 0 Å². The van der Waals surface area contributed by atoms with Gasteiger partial charge in [0, 0.05) is 9.75 Å². The molecular formula is C15H22O2S. The molecule has 1 atom stereocenters. The summed E-state index contributed by atoms with van der Waals surface area (Å²) in [6.45, 7) is 6.51. The first-order chi connectivity index (χ1) is 8.59. The van der Waals surface area contributed by atoms with Gasteiger partial charge in [-0.2, -0.15) is 0 Å². The van der Waals surface area contributed by atoms with E-state index in [0.717, 1.165) is 12.8 Å². The van der Waals surface area contributed by atoms with Gasteiger partial charge in [0.2, 0.25) is 0 Å². The number of thiophene rings is 1. The first-order valence-corrected chi connectivity index (χ1v) is 7.64. The van der Waals surface area contributed by atoms with Crippen molar-refractivity contribution in [2.24, 2.45) is 5.92 Å². The monoisotopic (exact) mass is 266 g/mol. The quantitative estimate of drug-likeness (QED) is 0.768. The zero-order chi connectivity index (χ0) is 13.2. The molecule has 1 aromatic rings. The highest BCUT2D eigenvalue weighted by Crippen LogP contribution is 2.45. The third-order valence-corrected chi connectivity index (χ3v) is 5.36. The molecule has 2 rings (SSSR count). The van der Waals surface area contributed by atoms with Gasteiger partial charge in [-0.05, 0) is 51.7 Å². The first-order valence-electron chi connectivity index (χ1n) is 6.83. The Morgan fingerprint density at radius 3 is 2.61 bits per heavy atom. The molecule has 0 N–H and O–H groups in total. The molecule has 100 valence electrons. The fourth-order valence-electron chi connectivity index (χ4n) is 2.97. The van der Waals surface area contributed by atoms with E-state index in [0.29, 0.717) is 12.5 Å². The summed E-state index contributed by atoms with van der Waals surface area (Å²) in [6, 6.07) is 4.21. The maximum absolute atomic E-state index is 12.4. The van der Waals surface area contributed by atoms with Gasteiger partial charge < -0.3 is 4.74 Å². The smallest absolute Gasteiger partial charge is 0.317 e. The molecule has 0 radical (unpaired) electrons. The topological polar surface area (TPSA) is 26.3 Å². The Labute approximate surface area is 113 Å². The number of hydrogen-bond acceptors (Lipinski definition) is 3. The lowest BCUT2D eigenvalue weighted by molar-refractivity contribution is -0.151. The Hall–Kier alpha value is -0.830. The summed E-state index contributed by atoms with van der Waals surface area (Å²) in [5.74, 6) is 0.397. The minimum atomic E-state index is -0.439. The third kappa shape index (κ3) is 2.33. The van der Waals surface area contributed by atoms with Gasteiger partial charge in [-0.15, -0.1) is 11.3 Å². The minimum Gasteiger partial charge on any atom is -0.465 e. The van der Waals surface area contributed by atoms with Crippen LogP contribution in [0.1, 0.15) is 49.3 Å². The number of hydrogen-bond donors (Lipinski definition) is 0. The Morgan fingerprint density at radius 1 is 1.44 bits per heavy atom. The van der Waals surface area contributed by atoms with Crippen LogP contribution >= 0.6 is 11.3 Å². The van der Waals surface area contributed by atoms with Gasteiger partial charge in [-0.1, -0.05) is 12.8 Å². The molecule has 0 bridgehead atoms. The third-order valence-electron chi connectivity index (χ3n) is 4.12. The lowest BCUT2D eigenvalue weighted by atomic mass is 9.74. The Bertz CT molecular complexity index is 418. The van der Waals surface area contributed by atoms with E-state index in [4.69, 9.17) is 4.74 Å². The summed E-state index contributed by atoms with van der Waals surface area (Å²) >= 11 is 1.73. The molecule has 18 heavy (non-hydrogen) atoms. The summed E-state index contributed by atoms with van der Waals surface area (Å²) < 4.78 is 5.35. The average molecular weight is 266 g/mol. The van der Waals surface area contributed by atoms with Crippen LogP contribution in [-0.4, -0.2) is 12.6 Å². The van der Waals surface area contributed by atoms with Crippen molar-refractivity contribution >= 4 is 17.3 Å². The molecular weight excluding hydrogens is 244 g/mol. The standard InChI is InChI=1S/C15H22O2S/c1-4-17-14(16)15(3,12-7-5-6-8-12)13-10-9-11(2)18-13/h9-10,12H,4-8H2,1-3H3. The van der Waals surface area contributed by atoms with E-state index in [9.17, 15) is 4.79 Å². The Balaban J connectivity index is 2.35. The summed E-state index contributed by atoms with van der Waals surface area (Å²) in [5, 5.41) is 0. The number of aryl methyl sites for hydroxylation is 1. The van der Waals surface area contributed by atoms with Gasteiger partial charge in [0.25, 0.3) is 0 Å². The maximum atomic E-state index is 12.4. The van der Waals surface area contributed by atoms with Gasteiger partial charge in [-0.25, -0.2) is 0 Å². The van der Waals surface area contributed by atoms with Crippen molar-refractivity contribution in [3.8, 4) is 0 Å². The molecule has 1 saturated carbocycles. The van der Waals surface area contributed by atoms with E-state index in [1.54, 1.807) is 11.3 Å². The van der Waals surface area contributed by atoms with Gasteiger partial charge in [-0.3, -0.25) is 4.79 Å². The zero-order valence-electron chi connectivity index (χ0n) is 11.5. The van der Waals surface area contributed by atoms with E-state index in [-0.39, 0.29) is 5.97 Å². The molecule has 3 heteroatoms. The van der Waals surface area contributed by atoms with Crippen molar-refractivity contribution in [2.45, 2.75) is 51.9 Å². The van der Waals surface area contributed by atoms with E-state index in [2.05, 4.69) is 26.0 Å². The predicted molar refractivity (Wildman–Crippen MR) is 75.0 cm³/mol. The average Bonchev–Trinajstić information content (AvgIpc) is 2.99. The second-order valence-corrected chi connectivity index (χ2v) is 6.60. The van der Waals surface area contributed by atoms with Crippen molar-refractivity contribution in [1.82, 2.24) is 0 Å². The molecule has 0 spiro atoms. The fourth-order valence-corrected chi connectivity index (χ4v) is 4.05. The van der Waals surface area contributed by atoms with E-state index >= 15 is 0 Å². The number of carbonyl (C=O) groups is 1. The van der Waals surface area contributed by atoms with Crippen LogP contribution < -0.4 is 0 Å². The molecule has 0 saturated heterocycles. The highest BCUT2D eigenvalue weighted by atomic mass is 32.1. The van der Waals surface area contributed by atoms with Crippen molar-refractivity contribution in [3.63, 3.8) is 0 Å². The van der Waals surface area contributed by atoms with Crippen molar-refractivity contribution < 1.29 is 9.53 Å². The van der Waals surface area contributed by atoms with Crippen molar-refractivity contribution in [1.29, 1.82) is 0 Å². The van der Waals surface area contributed by atoms with Crippen molar-refractivity contribution in [3.05, 3.63) is 21.9 Å².